The average molecular weight is 1080 g/mol. The quantitative estimate of drug-likeness (QED) is 0.0296. The number of aliphatic hydroxyl groups is 15. The molecule has 0 aromatic rings. The number of amides is 1. The van der Waals surface area contributed by atoms with Crippen LogP contribution in [0, 0.1) is 28.1 Å². The van der Waals surface area contributed by atoms with Crippen LogP contribution in [-0.4, -0.2) is 256 Å². The van der Waals surface area contributed by atoms with Crippen molar-refractivity contribution in [2.24, 2.45) is 28.1 Å². The fourth-order valence-corrected chi connectivity index (χ4v) is 14.3. The number of fused-ring (bicyclic) bond motifs is 3. The lowest BCUT2D eigenvalue weighted by Crippen LogP contribution is -2.68. The predicted octanol–water partition coefficient (Wildman–Crippen LogP) is -6.32. The van der Waals surface area contributed by atoms with Crippen molar-refractivity contribution in [2.75, 3.05) is 33.0 Å². The summed E-state index contributed by atoms with van der Waals surface area (Å²) in [6.45, 7) is 4.84. The molecular formula is C48H77NO26. The third-order valence-corrected chi connectivity index (χ3v) is 18.0. The van der Waals surface area contributed by atoms with Crippen LogP contribution in [0.25, 0.3) is 0 Å². The van der Waals surface area contributed by atoms with Crippen molar-refractivity contribution in [1.29, 1.82) is 0 Å². The Bertz CT molecular complexity index is 2020. The fourth-order valence-electron chi connectivity index (χ4n) is 14.3. The summed E-state index contributed by atoms with van der Waals surface area (Å²) >= 11 is 0. The van der Waals surface area contributed by atoms with E-state index in [0.717, 1.165) is 6.92 Å². The Kier molecular flexibility index (Phi) is 17.6. The Hall–Kier alpha value is -2.24. The average Bonchev–Trinajstić information content (AvgIpc) is 3.57. The van der Waals surface area contributed by atoms with Crippen LogP contribution >= 0.6 is 0 Å². The molecule has 27 nitrogen and oxygen atoms in total. The van der Waals surface area contributed by atoms with Gasteiger partial charge in [0.1, 0.15) is 98.1 Å². The van der Waals surface area contributed by atoms with E-state index in [4.69, 9.17) is 42.6 Å². The van der Waals surface area contributed by atoms with Gasteiger partial charge < -0.3 is 125 Å². The molecule has 0 aromatic heterocycles. The maximum Gasteiger partial charge on any atom is 0.314 e. The zero-order chi connectivity index (χ0) is 54.9. The first-order valence-corrected chi connectivity index (χ1v) is 25.7. The third-order valence-electron chi connectivity index (χ3n) is 18.0. The molecule has 4 heterocycles. The van der Waals surface area contributed by atoms with Crippen molar-refractivity contribution in [2.45, 2.75) is 213 Å². The summed E-state index contributed by atoms with van der Waals surface area (Å²) in [5, 5.41) is 161. The number of nitrogens with one attached hydrogen (secondary N) is 1. The molecule has 4 saturated carbocycles. The van der Waals surface area contributed by atoms with E-state index in [1.807, 2.05) is 0 Å². The van der Waals surface area contributed by atoms with Crippen molar-refractivity contribution in [3.63, 3.8) is 0 Å². The highest BCUT2D eigenvalue weighted by atomic mass is 16.8. The first-order chi connectivity index (χ1) is 35.3. The molecule has 430 valence electrons. The van der Waals surface area contributed by atoms with Gasteiger partial charge in [0.2, 0.25) is 12.2 Å². The minimum absolute atomic E-state index is 0.0641. The molecule has 8 rings (SSSR count). The third kappa shape index (κ3) is 10.6. The smallest absolute Gasteiger partial charge is 0.314 e. The number of esters is 1. The highest BCUT2D eigenvalue weighted by molar-refractivity contribution is 5.77. The van der Waals surface area contributed by atoms with E-state index < -0.39 is 195 Å². The molecule has 8 fully saturated rings. The monoisotopic (exact) mass is 1080 g/mol. The summed E-state index contributed by atoms with van der Waals surface area (Å²) in [4.78, 5) is 27.1. The maximum atomic E-state index is 14.9. The van der Waals surface area contributed by atoms with Crippen LogP contribution in [0.1, 0.15) is 78.6 Å². The van der Waals surface area contributed by atoms with Crippen LogP contribution in [0.2, 0.25) is 0 Å². The van der Waals surface area contributed by atoms with Gasteiger partial charge in [-0.05, 0) is 86.5 Å². The van der Waals surface area contributed by atoms with Gasteiger partial charge in [0, 0.05) is 6.92 Å². The maximum absolute atomic E-state index is 14.9. The standard InChI is InChI=1S/C48H77NO26/c1-19-12-46-10-6-25-44(3,8-5-9-45(25,4)43(64)73-41-37(34(62)30(58)23(15-52)69-41)71-39-27(49-20(2)55)32(60)28(56)21(13-50)67-39)26(46)7-11-47(19,17-46)75-42-38(72-40-35(63)33(61)29(57)22(14-51)68-40)36(74-48(65,66)18-54)31(59)24(16-53)70-42/h21-42,50-54,56-63,65-66H,1,5-18H2,2-4H3,(H,49,55)/t21?,22?,23?,24?,25?,26-,27?,28?,29?,30?,31?,32?,33?,34?,35?,36?,37?,38?,39?,40?,41?,42?,44?,45+,46?,47-/m0/s1. The lowest BCUT2D eigenvalue weighted by molar-refractivity contribution is -0.428. The number of hydrogen-bond donors (Lipinski definition) is 16. The van der Waals surface area contributed by atoms with Crippen LogP contribution < -0.4 is 5.32 Å². The van der Waals surface area contributed by atoms with E-state index in [0.29, 0.717) is 63.4 Å². The SMILES string of the molecule is C=C1CC23CCC4C(C)(CCC[C@@]4(C)C(=O)OC4OC(CO)C(O)C(O)C4OC4OC(CO)C(O)C(O)C4NC(C)=O)[C@@H]2CC[C@]1(OC1OC(CO)C(O)C(OC(O)(O)CO)C1OC1OC(CO)C(O)C(O)C1O)C3. The van der Waals surface area contributed by atoms with Gasteiger partial charge in [0.25, 0.3) is 0 Å². The second kappa shape index (κ2) is 22.4. The topological polar surface area (TPSA) is 433 Å². The zero-order valence-corrected chi connectivity index (χ0v) is 42.0. The summed E-state index contributed by atoms with van der Waals surface area (Å²) in [6, 6.07) is -1.48. The van der Waals surface area contributed by atoms with Gasteiger partial charge in [-0.15, -0.1) is 0 Å². The largest absolute Gasteiger partial charge is 0.432 e. The predicted molar refractivity (Wildman–Crippen MR) is 244 cm³/mol. The summed E-state index contributed by atoms with van der Waals surface area (Å²) < 4.78 is 53.9. The molecule has 26 atom stereocenters. The van der Waals surface area contributed by atoms with Gasteiger partial charge in [0.05, 0.1) is 37.4 Å². The minimum Gasteiger partial charge on any atom is -0.432 e. The number of hydrogen-bond acceptors (Lipinski definition) is 26. The molecule has 1 spiro atoms. The number of ether oxygens (including phenoxy) is 9. The molecule has 4 aliphatic heterocycles. The Morgan fingerprint density at radius 1 is 0.640 bits per heavy atom. The molecule has 1 amide bonds. The van der Waals surface area contributed by atoms with Crippen LogP contribution in [0.4, 0.5) is 0 Å². The Labute approximate surface area is 431 Å². The lowest BCUT2D eigenvalue weighted by Gasteiger charge is -2.64. The van der Waals surface area contributed by atoms with E-state index in [2.05, 4.69) is 18.8 Å². The van der Waals surface area contributed by atoms with Gasteiger partial charge in [-0.1, -0.05) is 19.9 Å². The van der Waals surface area contributed by atoms with E-state index in [9.17, 15) is 86.2 Å². The second-order valence-electron chi connectivity index (χ2n) is 22.5. The van der Waals surface area contributed by atoms with Gasteiger partial charge >= 0.3 is 11.9 Å². The van der Waals surface area contributed by atoms with Crippen molar-refractivity contribution in [3.8, 4) is 0 Å². The highest BCUT2D eigenvalue weighted by Gasteiger charge is 2.70. The van der Waals surface area contributed by atoms with Crippen LogP contribution in [-0.2, 0) is 52.2 Å². The first-order valence-electron chi connectivity index (χ1n) is 25.7. The summed E-state index contributed by atoms with van der Waals surface area (Å²) in [5.74, 6) is -5.09. The normalized spacial score (nSPS) is 50.1. The van der Waals surface area contributed by atoms with E-state index >= 15 is 0 Å². The molecule has 75 heavy (non-hydrogen) atoms. The molecule has 4 aliphatic carbocycles. The minimum atomic E-state index is -3.30. The molecule has 4 saturated heterocycles. The second-order valence-corrected chi connectivity index (χ2v) is 22.5. The number of carbonyl (C=O) groups excluding carboxylic acids is 2. The molecule has 2 bridgehead atoms. The van der Waals surface area contributed by atoms with Gasteiger partial charge in [-0.3, -0.25) is 9.59 Å². The summed E-state index contributed by atoms with van der Waals surface area (Å²) in [5.41, 5.74) is -2.79. The lowest BCUT2D eigenvalue weighted by atomic mass is 9.41. The van der Waals surface area contributed by atoms with Crippen LogP contribution in [0.3, 0.4) is 0 Å². The molecule has 0 radical (unpaired) electrons. The van der Waals surface area contributed by atoms with E-state index in [-0.39, 0.29) is 11.8 Å². The molecular weight excluding hydrogens is 1010 g/mol. The number of rotatable bonds is 16. The van der Waals surface area contributed by atoms with Gasteiger partial charge in [-0.2, -0.15) is 0 Å². The fraction of sp³-hybridized carbons (Fsp3) is 0.917. The van der Waals surface area contributed by atoms with Crippen molar-refractivity contribution < 1.29 is 129 Å². The molecule has 0 aromatic carbocycles. The Morgan fingerprint density at radius 3 is 1.80 bits per heavy atom. The van der Waals surface area contributed by atoms with E-state index in [1.54, 1.807) is 6.92 Å². The van der Waals surface area contributed by atoms with Gasteiger partial charge in [0.15, 0.2) is 25.0 Å². The number of carbonyl (C=O) groups is 2. The Morgan fingerprint density at radius 2 is 1.19 bits per heavy atom. The molecule has 23 unspecified atom stereocenters. The number of aliphatic hydroxyl groups excluding tert-OH is 13. The summed E-state index contributed by atoms with van der Waals surface area (Å²) in [7, 11) is 0. The Balaban J connectivity index is 1.04. The van der Waals surface area contributed by atoms with E-state index in [1.165, 1.54) is 0 Å². The van der Waals surface area contributed by atoms with Crippen molar-refractivity contribution in [1.82, 2.24) is 5.32 Å². The summed E-state index contributed by atoms with van der Waals surface area (Å²) in [6.07, 6.45) is -28.8. The molecule has 27 heteroatoms. The first kappa shape index (κ1) is 58.9. The van der Waals surface area contributed by atoms with Crippen molar-refractivity contribution in [3.05, 3.63) is 12.2 Å². The van der Waals surface area contributed by atoms with Gasteiger partial charge in [-0.25, -0.2) is 0 Å². The van der Waals surface area contributed by atoms with Crippen LogP contribution in [0.5, 0.6) is 0 Å². The zero-order valence-electron chi connectivity index (χ0n) is 42.0. The highest BCUT2D eigenvalue weighted by Crippen LogP contribution is 2.74. The van der Waals surface area contributed by atoms with Crippen LogP contribution in [0.15, 0.2) is 12.2 Å². The molecule has 16 N–H and O–H groups in total. The van der Waals surface area contributed by atoms with Crippen molar-refractivity contribution >= 4 is 11.9 Å². The molecule has 8 aliphatic rings.